The third kappa shape index (κ3) is 3.93. The van der Waals surface area contributed by atoms with Crippen molar-refractivity contribution in [3.63, 3.8) is 0 Å². The van der Waals surface area contributed by atoms with Gasteiger partial charge in [-0.25, -0.2) is 0 Å². The van der Waals surface area contributed by atoms with Crippen LogP contribution in [0.3, 0.4) is 0 Å². The van der Waals surface area contributed by atoms with Crippen LogP contribution in [0.5, 0.6) is 11.5 Å². The fourth-order valence-corrected chi connectivity index (χ4v) is 1.63. The van der Waals surface area contributed by atoms with Gasteiger partial charge in [0.1, 0.15) is 11.5 Å². The normalized spacial score (nSPS) is 11.4. The van der Waals surface area contributed by atoms with Crippen molar-refractivity contribution in [3.8, 4) is 11.5 Å². The van der Waals surface area contributed by atoms with Crippen LogP contribution >= 0.6 is 0 Å². The lowest BCUT2D eigenvalue weighted by molar-refractivity contribution is 0.302. The van der Waals surface area contributed by atoms with E-state index in [1.165, 1.54) is 5.56 Å². The molecule has 1 aromatic carbocycles. The molecule has 0 heterocycles. The highest BCUT2D eigenvalue weighted by Crippen LogP contribution is 2.34. The van der Waals surface area contributed by atoms with E-state index >= 15 is 0 Å². The predicted octanol–water partition coefficient (Wildman–Crippen LogP) is 2.72. The molecule has 17 heavy (non-hydrogen) atoms. The minimum atomic E-state index is 0.0598. The Morgan fingerprint density at radius 3 is 2.47 bits per heavy atom. The molecule has 0 saturated carbocycles. The lowest BCUT2D eigenvalue weighted by atomic mass is 9.86. The molecule has 3 heteroatoms. The van der Waals surface area contributed by atoms with Gasteiger partial charge in [-0.15, -0.1) is 0 Å². The van der Waals surface area contributed by atoms with Gasteiger partial charge >= 0.3 is 0 Å². The molecule has 0 unspecified atom stereocenters. The average Bonchev–Trinajstić information content (AvgIpc) is 2.28. The second-order valence-corrected chi connectivity index (χ2v) is 5.10. The molecule has 0 aromatic heterocycles. The van der Waals surface area contributed by atoms with Gasteiger partial charge in [0, 0.05) is 6.07 Å². The molecular formula is C14H23NO2. The van der Waals surface area contributed by atoms with E-state index in [2.05, 4.69) is 26.8 Å². The molecule has 0 radical (unpaired) electrons. The molecule has 0 bridgehead atoms. The number of methoxy groups -OCH3 is 1. The van der Waals surface area contributed by atoms with Crippen molar-refractivity contribution in [3.05, 3.63) is 23.8 Å². The van der Waals surface area contributed by atoms with Gasteiger partial charge in [0.05, 0.1) is 13.7 Å². The minimum Gasteiger partial charge on any atom is -0.497 e. The first-order valence-corrected chi connectivity index (χ1v) is 6.00. The minimum absolute atomic E-state index is 0.0598. The van der Waals surface area contributed by atoms with E-state index in [-0.39, 0.29) is 5.41 Å². The van der Waals surface area contributed by atoms with Gasteiger partial charge in [-0.2, -0.15) is 0 Å². The van der Waals surface area contributed by atoms with Gasteiger partial charge in [-0.3, -0.25) is 0 Å². The van der Waals surface area contributed by atoms with Crippen LogP contribution in [0.1, 0.15) is 32.8 Å². The molecule has 1 rings (SSSR count). The highest BCUT2D eigenvalue weighted by atomic mass is 16.5. The Bertz CT molecular complexity index is 356. The number of hydrogen-bond acceptors (Lipinski definition) is 3. The lowest BCUT2D eigenvalue weighted by Gasteiger charge is -2.23. The first-order valence-electron chi connectivity index (χ1n) is 6.00. The standard InChI is InChI=1S/C14H23NO2/c1-14(2,3)12-7-6-11(16-4)10-13(12)17-9-5-8-15/h6-7,10H,5,8-9,15H2,1-4H3. The molecule has 96 valence electrons. The van der Waals surface area contributed by atoms with Gasteiger partial charge in [0.25, 0.3) is 0 Å². The molecular weight excluding hydrogens is 214 g/mol. The van der Waals surface area contributed by atoms with E-state index in [1.807, 2.05) is 12.1 Å². The summed E-state index contributed by atoms with van der Waals surface area (Å²) in [4.78, 5) is 0. The third-order valence-corrected chi connectivity index (χ3v) is 2.60. The largest absolute Gasteiger partial charge is 0.497 e. The van der Waals surface area contributed by atoms with Crippen molar-refractivity contribution in [2.24, 2.45) is 5.73 Å². The molecule has 1 aromatic rings. The zero-order chi connectivity index (χ0) is 12.9. The predicted molar refractivity (Wildman–Crippen MR) is 70.9 cm³/mol. The zero-order valence-corrected chi connectivity index (χ0v) is 11.2. The molecule has 0 aliphatic rings. The Kier molecular flexibility index (Phi) is 4.82. The fraction of sp³-hybridized carbons (Fsp3) is 0.571. The molecule has 0 spiro atoms. The second-order valence-electron chi connectivity index (χ2n) is 5.10. The van der Waals surface area contributed by atoms with Crippen molar-refractivity contribution < 1.29 is 9.47 Å². The van der Waals surface area contributed by atoms with E-state index in [4.69, 9.17) is 15.2 Å². The van der Waals surface area contributed by atoms with E-state index < -0.39 is 0 Å². The number of rotatable bonds is 5. The average molecular weight is 237 g/mol. The van der Waals surface area contributed by atoms with Crippen molar-refractivity contribution in [2.75, 3.05) is 20.3 Å². The van der Waals surface area contributed by atoms with Gasteiger partial charge < -0.3 is 15.2 Å². The number of ether oxygens (including phenoxy) is 2. The Morgan fingerprint density at radius 1 is 1.24 bits per heavy atom. The zero-order valence-electron chi connectivity index (χ0n) is 11.2. The summed E-state index contributed by atoms with van der Waals surface area (Å²) in [5.41, 5.74) is 6.72. The summed E-state index contributed by atoms with van der Waals surface area (Å²) < 4.78 is 11.0. The SMILES string of the molecule is COc1ccc(C(C)(C)C)c(OCCCN)c1. The maximum Gasteiger partial charge on any atom is 0.126 e. The molecule has 3 nitrogen and oxygen atoms in total. The van der Waals surface area contributed by atoms with Crippen molar-refractivity contribution in [2.45, 2.75) is 32.6 Å². The highest BCUT2D eigenvalue weighted by Gasteiger charge is 2.19. The van der Waals surface area contributed by atoms with Gasteiger partial charge in [0.15, 0.2) is 0 Å². The molecule has 0 saturated heterocycles. The first kappa shape index (κ1) is 13.8. The van der Waals surface area contributed by atoms with Crippen LogP contribution in [0.15, 0.2) is 18.2 Å². The van der Waals surface area contributed by atoms with E-state index in [1.54, 1.807) is 7.11 Å². The van der Waals surface area contributed by atoms with Gasteiger partial charge in [0.2, 0.25) is 0 Å². The van der Waals surface area contributed by atoms with Crippen molar-refractivity contribution in [1.82, 2.24) is 0 Å². The summed E-state index contributed by atoms with van der Waals surface area (Å²) >= 11 is 0. The summed E-state index contributed by atoms with van der Waals surface area (Å²) in [6, 6.07) is 5.98. The Hall–Kier alpha value is -1.22. The van der Waals surface area contributed by atoms with Gasteiger partial charge in [-0.05, 0) is 30.0 Å². The molecule has 0 aliphatic carbocycles. The summed E-state index contributed by atoms with van der Waals surface area (Å²) in [6.07, 6.45) is 0.862. The molecule has 0 aliphatic heterocycles. The highest BCUT2D eigenvalue weighted by molar-refractivity contribution is 5.44. The van der Waals surface area contributed by atoms with E-state index in [0.29, 0.717) is 13.2 Å². The van der Waals surface area contributed by atoms with Crippen LogP contribution in [-0.4, -0.2) is 20.3 Å². The van der Waals surface area contributed by atoms with Crippen LogP contribution < -0.4 is 15.2 Å². The number of benzene rings is 1. The van der Waals surface area contributed by atoms with Crippen LogP contribution in [0.2, 0.25) is 0 Å². The Labute approximate surface area is 104 Å². The summed E-state index contributed by atoms with van der Waals surface area (Å²) in [7, 11) is 1.66. The monoisotopic (exact) mass is 237 g/mol. The fourth-order valence-electron chi connectivity index (χ4n) is 1.63. The Balaban J connectivity index is 2.95. The van der Waals surface area contributed by atoms with Crippen molar-refractivity contribution >= 4 is 0 Å². The molecule has 0 amide bonds. The maximum absolute atomic E-state index is 5.79. The molecule has 0 atom stereocenters. The van der Waals surface area contributed by atoms with Crippen LogP contribution in [0.4, 0.5) is 0 Å². The molecule has 2 N–H and O–H groups in total. The van der Waals surface area contributed by atoms with Crippen LogP contribution in [0.25, 0.3) is 0 Å². The maximum atomic E-state index is 5.79. The van der Waals surface area contributed by atoms with E-state index in [9.17, 15) is 0 Å². The number of nitrogens with two attached hydrogens (primary N) is 1. The smallest absolute Gasteiger partial charge is 0.126 e. The first-order chi connectivity index (χ1) is 7.99. The molecule has 0 fully saturated rings. The quantitative estimate of drug-likeness (QED) is 0.801. The van der Waals surface area contributed by atoms with Crippen molar-refractivity contribution in [1.29, 1.82) is 0 Å². The second kappa shape index (κ2) is 5.92. The lowest BCUT2D eigenvalue weighted by Crippen LogP contribution is -2.14. The van der Waals surface area contributed by atoms with Crippen LogP contribution in [0, 0.1) is 0 Å². The van der Waals surface area contributed by atoms with E-state index in [0.717, 1.165) is 17.9 Å². The van der Waals surface area contributed by atoms with Crippen LogP contribution in [-0.2, 0) is 5.41 Å². The number of hydrogen-bond donors (Lipinski definition) is 1. The summed E-state index contributed by atoms with van der Waals surface area (Å²) in [5, 5.41) is 0. The topological polar surface area (TPSA) is 44.5 Å². The summed E-state index contributed by atoms with van der Waals surface area (Å²) in [5.74, 6) is 1.71. The third-order valence-electron chi connectivity index (χ3n) is 2.60. The Morgan fingerprint density at radius 2 is 1.94 bits per heavy atom. The van der Waals surface area contributed by atoms with Gasteiger partial charge in [-0.1, -0.05) is 26.8 Å². The summed E-state index contributed by atoms with van der Waals surface area (Å²) in [6.45, 7) is 7.81.